The van der Waals surface area contributed by atoms with E-state index >= 15 is 0 Å². The van der Waals surface area contributed by atoms with Crippen molar-refractivity contribution in [2.24, 2.45) is 17.8 Å². The first kappa shape index (κ1) is 16.3. The first-order chi connectivity index (χ1) is 9.70. The summed E-state index contributed by atoms with van der Waals surface area (Å²) in [5.74, 6) is 1.36. The maximum Gasteiger partial charge on any atom is 0.248 e. The van der Waals surface area contributed by atoms with Gasteiger partial charge in [-0.05, 0) is 44.4 Å². The van der Waals surface area contributed by atoms with Crippen molar-refractivity contribution >= 4 is 11.8 Å². The van der Waals surface area contributed by atoms with Gasteiger partial charge in [-0.15, -0.1) is 0 Å². The van der Waals surface area contributed by atoms with Gasteiger partial charge in [-0.25, -0.2) is 0 Å². The lowest BCUT2D eigenvalue weighted by Gasteiger charge is -2.48. The largest absolute Gasteiger partial charge is 0.340 e. The number of carbonyl (C=O) groups excluding carboxylic acids is 2. The number of hydrogen-bond acceptors (Lipinski definition) is 2. The van der Waals surface area contributed by atoms with Crippen LogP contribution in [0.1, 0.15) is 60.8 Å². The Balaban J connectivity index is 2.35. The highest BCUT2D eigenvalue weighted by Crippen LogP contribution is 2.40. The van der Waals surface area contributed by atoms with Crippen molar-refractivity contribution in [1.29, 1.82) is 0 Å². The zero-order chi connectivity index (χ0) is 15.9. The molecular formula is C17H30N2O2. The van der Waals surface area contributed by atoms with Crippen LogP contribution in [-0.2, 0) is 9.59 Å². The molecule has 0 aromatic heterocycles. The molecule has 1 aliphatic carbocycles. The second-order valence-corrected chi connectivity index (χ2v) is 7.69. The van der Waals surface area contributed by atoms with Crippen LogP contribution in [0.4, 0.5) is 0 Å². The summed E-state index contributed by atoms with van der Waals surface area (Å²) in [4.78, 5) is 27.4. The van der Waals surface area contributed by atoms with E-state index in [4.69, 9.17) is 0 Å². The van der Waals surface area contributed by atoms with Gasteiger partial charge >= 0.3 is 0 Å². The minimum atomic E-state index is -0.785. The molecule has 4 unspecified atom stereocenters. The fraction of sp³-hybridized carbons (Fsp3) is 0.882. The van der Waals surface area contributed by atoms with E-state index < -0.39 is 5.54 Å². The molecule has 2 rings (SSSR count). The molecule has 4 atom stereocenters. The number of carbonyl (C=O) groups is 2. The second-order valence-electron chi connectivity index (χ2n) is 7.69. The Hall–Kier alpha value is -1.06. The van der Waals surface area contributed by atoms with Crippen molar-refractivity contribution in [3.8, 4) is 0 Å². The third-order valence-electron chi connectivity index (χ3n) is 5.47. The highest BCUT2D eigenvalue weighted by Gasteiger charge is 2.51. The van der Waals surface area contributed by atoms with Crippen molar-refractivity contribution in [3.63, 3.8) is 0 Å². The summed E-state index contributed by atoms with van der Waals surface area (Å²) in [6, 6.07) is -0.117. The third kappa shape index (κ3) is 2.69. The first-order valence-electron chi connectivity index (χ1n) is 8.35. The van der Waals surface area contributed by atoms with Gasteiger partial charge in [-0.3, -0.25) is 9.59 Å². The molecule has 1 heterocycles. The number of nitrogens with zero attached hydrogens (tertiary/aromatic N) is 1. The van der Waals surface area contributed by atoms with Crippen molar-refractivity contribution in [2.45, 2.75) is 78.4 Å². The molecule has 2 aliphatic rings. The van der Waals surface area contributed by atoms with Crippen LogP contribution in [0, 0.1) is 17.8 Å². The summed E-state index contributed by atoms with van der Waals surface area (Å²) >= 11 is 0. The monoisotopic (exact) mass is 294 g/mol. The van der Waals surface area contributed by atoms with Gasteiger partial charge in [0.25, 0.3) is 0 Å². The van der Waals surface area contributed by atoms with Crippen LogP contribution in [0.25, 0.3) is 0 Å². The lowest BCUT2D eigenvalue weighted by Crippen LogP contribution is -2.71. The van der Waals surface area contributed by atoms with Gasteiger partial charge in [0.05, 0.1) is 0 Å². The van der Waals surface area contributed by atoms with Gasteiger partial charge in [0.1, 0.15) is 11.6 Å². The molecule has 4 heteroatoms. The molecule has 1 aliphatic heterocycles. The van der Waals surface area contributed by atoms with E-state index in [1.165, 1.54) is 6.42 Å². The second kappa shape index (κ2) is 5.62. The smallest absolute Gasteiger partial charge is 0.248 e. The summed E-state index contributed by atoms with van der Waals surface area (Å²) < 4.78 is 0. The maximum atomic E-state index is 12.9. The van der Waals surface area contributed by atoms with Crippen molar-refractivity contribution < 1.29 is 9.59 Å². The summed E-state index contributed by atoms with van der Waals surface area (Å²) in [5.41, 5.74) is -0.785. The van der Waals surface area contributed by atoms with Gasteiger partial charge in [0.15, 0.2) is 0 Å². The zero-order valence-corrected chi connectivity index (χ0v) is 14.3. The Bertz CT molecular complexity index is 431. The Morgan fingerprint density at radius 2 is 1.90 bits per heavy atom. The molecule has 0 aromatic rings. The summed E-state index contributed by atoms with van der Waals surface area (Å²) in [6.45, 7) is 12.1. The van der Waals surface area contributed by atoms with Gasteiger partial charge in [0.2, 0.25) is 11.8 Å². The van der Waals surface area contributed by atoms with E-state index in [0.717, 1.165) is 12.8 Å². The topological polar surface area (TPSA) is 49.4 Å². The van der Waals surface area contributed by atoms with Gasteiger partial charge < -0.3 is 10.2 Å². The number of nitrogens with one attached hydrogen (secondary N) is 1. The number of piperazine rings is 1. The fourth-order valence-electron chi connectivity index (χ4n) is 4.18. The molecule has 1 N–H and O–H groups in total. The summed E-state index contributed by atoms with van der Waals surface area (Å²) in [7, 11) is 0. The minimum Gasteiger partial charge on any atom is -0.340 e. The number of rotatable bonds is 3. The molecule has 1 saturated heterocycles. The van der Waals surface area contributed by atoms with Crippen LogP contribution in [0.3, 0.4) is 0 Å². The van der Waals surface area contributed by atoms with E-state index in [9.17, 15) is 9.59 Å². The van der Waals surface area contributed by atoms with Crippen molar-refractivity contribution in [2.75, 3.05) is 0 Å². The molecule has 120 valence electrons. The fourth-order valence-corrected chi connectivity index (χ4v) is 4.18. The van der Waals surface area contributed by atoms with Crippen LogP contribution < -0.4 is 5.32 Å². The Morgan fingerprint density at radius 1 is 1.29 bits per heavy atom. The normalized spacial score (nSPS) is 36.2. The predicted molar refractivity (Wildman–Crippen MR) is 83.7 cm³/mol. The molecule has 1 saturated carbocycles. The minimum absolute atomic E-state index is 0.00162. The Morgan fingerprint density at radius 3 is 2.38 bits per heavy atom. The van der Waals surface area contributed by atoms with E-state index in [0.29, 0.717) is 11.8 Å². The molecule has 0 spiro atoms. The highest BCUT2D eigenvalue weighted by atomic mass is 16.2. The Labute approximate surface area is 128 Å². The maximum absolute atomic E-state index is 12.9. The van der Waals surface area contributed by atoms with E-state index in [1.54, 1.807) is 0 Å². The standard InChI is InChI=1S/C17H30N2O2/c1-7-12-8-9-13(11(12)4)19-14(10(2)3)15(20)18-17(5,6)16(19)21/h10-14H,7-9H2,1-6H3,(H,18,20). The van der Waals surface area contributed by atoms with Gasteiger partial charge in [0, 0.05) is 6.04 Å². The van der Waals surface area contributed by atoms with Crippen LogP contribution in [0.15, 0.2) is 0 Å². The molecule has 2 amide bonds. The Kier molecular flexibility index (Phi) is 4.36. The van der Waals surface area contributed by atoms with Gasteiger partial charge in [-0.1, -0.05) is 34.1 Å². The van der Waals surface area contributed by atoms with Crippen molar-refractivity contribution in [3.05, 3.63) is 0 Å². The number of hydrogen-bond donors (Lipinski definition) is 1. The molecule has 0 radical (unpaired) electrons. The van der Waals surface area contributed by atoms with Crippen LogP contribution in [0.2, 0.25) is 0 Å². The average Bonchev–Trinajstić information content (AvgIpc) is 2.73. The molecule has 21 heavy (non-hydrogen) atoms. The molecule has 4 nitrogen and oxygen atoms in total. The number of amides is 2. The van der Waals surface area contributed by atoms with E-state index in [1.807, 2.05) is 32.6 Å². The summed E-state index contributed by atoms with van der Waals surface area (Å²) in [6.07, 6.45) is 3.35. The first-order valence-corrected chi connectivity index (χ1v) is 8.35. The lowest BCUT2D eigenvalue weighted by molar-refractivity contribution is -0.159. The highest BCUT2D eigenvalue weighted by molar-refractivity contribution is 5.99. The molecule has 0 aromatic carbocycles. The molecule has 0 bridgehead atoms. The summed E-state index contributed by atoms with van der Waals surface area (Å²) in [5, 5.41) is 2.90. The van der Waals surface area contributed by atoms with Crippen LogP contribution in [0.5, 0.6) is 0 Å². The van der Waals surface area contributed by atoms with Crippen molar-refractivity contribution in [1.82, 2.24) is 10.2 Å². The SMILES string of the molecule is CCC1CCC(N2C(=O)C(C)(C)NC(=O)C2C(C)C)C1C. The van der Waals surface area contributed by atoms with E-state index in [-0.39, 0.29) is 29.8 Å². The van der Waals surface area contributed by atoms with Gasteiger partial charge in [-0.2, -0.15) is 0 Å². The van der Waals surface area contributed by atoms with E-state index in [2.05, 4.69) is 19.2 Å². The molecule has 2 fully saturated rings. The lowest BCUT2D eigenvalue weighted by atomic mass is 9.86. The quantitative estimate of drug-likeness (QED) is 0.869. The zero-order valence-electron chi connectivity index (χ0n) is 14.3. The van der Waals surface area contributed by atoms with Crippen LogP contribution in [-0.4, -0.2) is 34.3 Å². The predicted octanol–water partition coefficient (Wildman–Crippen LogP) is 2.57. The molecular weight excluding hydrogens is 264 g/mol. The average molecular weight is 294 g/mol. The van der Waals surface area contributed by atoms with Crippen LogP contribution >= 0.6 is 0 Å². The third-order valence-corrected chi connectivity index (χ3v) is 5.47.